The molecule has 0 aliphatic heterocycles. The van der Waals surface area contributed by atoms with Crippen LogP contribution in [0.4, 0.5) is 11.5 Å². The van der Waals surface area contributed by atoms with Crippen molar-refractivity contribution in [1.29, 1.82) is 0 Å². The normalized spacial score (nSPS) is 12.1. The summed E-state index contributed by atoms with van der Waals surface area (Å²) in [5, 5.41) is 2.84. The number of halogens is 2. The average molecular weight is 432 g/mol. The van der Waals surface area contributed by atoms with Gasteiger partial charge in [0.2, 0.25) is 10.0 Å². The maximum absolute atomic E-state index is 12.3. The van der Waals surface area contributed by atoms with E-state index in [4.69, 9.17) is 27.9 Å². The standard InChI is InChI=1S/C16H15Cl2N3O5S/c1-9(15(22)20-14-12(18)7-10(17)8-19-14)26-16(23)11-5-3-4-6-13(11)21-27(2,24)25/h3-9,21H,1-2H3,(H,19,20,22). The molecule has 144 valence electrons. The molecule has 1 atom stereocenters. The minimum absolute atomic E-state index is 0.0368. The zero-order valence-electron chi connectivity index (χ0n) is 14.2. The van der Waals surface area contributed by atoms with Crippen LogP contribution in [0.5, 0.6) is 0 Å². The van der Waals surface area contributed by atoms with Crippen LogP contribution in [0.1, 0.15) is 17.3 Å². The van der Waals surface area contributed by atoms with Crippen LogP contribution >= 0.6 is 23.2 Å². The molecule has 0 spiro atoms. The number of nitrogens with one attached hydrogen (secondary N) is 2. The predicted molar refractivity (Wildman–Crippen MR) is 103 cm³/mol. The molecule has 0 bridgehead atoms. The van der Waals surface area contributed by atoms with E-state index in [1.54, 1.807) is 6.07 Å². The van der Waals surface area contributed by atoms with E-state index in [9.17, 15) is 18.0 Å². The van der Waals surface area contributed by atoms with Crippen molar-refractivity contribution in [3.63, 3.8) is 0 Å². The van der Waals surface area contributed by atoms with Gasteiger partial charge in [-0.05, 0) is 25.1 Å². The molecule has 0 saturated carbocycles. The average Bonchev–Trinajstić information content (AvgIpc) is 2.56. The van der Waals surface area contributed by atoms with Crippen molar-refractivity contribution >= 4 is 56.6 Å². The van der Waals surface area contributed by atoms with E-state index in [-0.39, 0.29) is 22.1 Å². The molecule has 0 aliphatic carbocycles. The number of anilines is 2. The monoisotopic (exact) mass is 431 g/mol. The number of carbonyl (C=O) groups excluding carboxylic acids is 2. The first-order valence-corrected chi connectivity index (χ1v) is 10.1. The van der Waals surface area contributed by atoms with Crippen molar-refractivity contribution in [2.24, 2.45) is 0 Å². The van der Waals surface area contributed by atoms with Crippen molar-refractivity contribution in [1.82, 2.24) is 4.98 Å². The lowest BCUT2D eigenvalue weighted by molar-refractivity contribution is -0.123. The third-order valence-electron chi connectivity index (χ3n) is 3.14. The Balaban J connectivity index is 2.10. The van der Waals surface area contributed by atoms with E-state index < -0.39 is 28.0 Å². The van der Waals surface area contributed by atoms with E-state index >= 15 is 0 Å². The van der Waals surface area contributed by atoms with Crippen LogP contribution in [0.2, 0.25) is 10.0 Å². The Morgan fingerprint density at radius 3 is 2.52 bits per heavy atom. The summed E-state index contributed by atoms with van der Waals surface area (Å²) in [7, 11) is -3.60. The smallest absolute Gasteiger partial charge is 0.341 e. The number of hydrogen-bond donors (Lipinski definition) is 2. The number of aromatic nitrogens is 1. The topological polar surface area (TPSA) is 114 Å². The van der Waals surface area contributed by atoms with Gasteiger partial charge in [0.05, 0.1) is 27.6 Å². The maximum Gasteiger partial charge on any atom is 0.341 e. The molecule has 8 nitrogen and oxygen atoms in total. The van der Waals surface area contributed by atoms with Gasteiger partial charge in [-0.15, -0.1) is 0 Å². The lowest BCUT2D eigenvalue weighted by Crippen LogP contribution is -2.30. The van der Waals surface area contributed by atoms with Crippen LogP contribution in [-0.4, -0.2) is 37.6 Å². The molecule has 0 radical (unpaired) electrons. The molecule has 2 aromatic rings. The summed E-state index contributed by atoms with van der Waals surface area (Å²) in [5.41, 5.74) is 0.00486. The molecule has 0 fully saturated rings. The van der Waals surface area contributed by atoms with Gasteiger partial charge in [-0.3, -0.25) is 9.52 Å². The van der Waals surface area contributed by atoms with Gasteiger partial charge in [0.15, 0.2) is 11.9 Å². The SMILES string of the molecule is CC(OC(=O)c1ccccc1NS(C)(=O)=O)C(=O)Nc1ncc(Cl)cc1Cl. The Morgan fingerprint density at radius 2 is 1.89 bits per heavy atom. The highest BCUT2D eigenvalue weighted by atomic mass is 35.5. The summed E-state index contributed by atoms with van der Waals surface area (Å²) in [5.74, 6) is -1.48. The summed E-state index contributed by atoms with van der Waals surface area (Å²) >= 11 is 11.7. The highest BCUT2D eigenvalue weighted by Crippen LogP contribution is 2.23. The number of carbonyl (C=O) groups is 2. The number of sulfonamides is 1. The molecule has 2 N–H and O–H groups in total. The molecule has 0 saturated heterocycles. The first kappa shape index (κ1) is 20.9. The number of rotatable bonds is 6. The van der Waals surface area contributed by atoms with Crippen molar-refractivity contribution in [3.8, 4) is 0 Å². The zero-order chi connectivity index (χ0) is 20.2. The number of para-hydroxylation sites is 1. The summed E-state index contributed by atoms with van der Waals surface area (Å²) in [6.45, 7) is 1.35. The fraction of sp³-hybridized carbons (Fsp3) is 0.188. The van der Waals surface area contributed by atoms with Crippen LogP contribution in [-0.2, 0) is 19.6 Å². The van der Waals surface area contributed by atoms with Crippen molar-refractivity contribution < 1.29 is 22.7 Å². The van der Waals surface area contributed by atoms with Crippen LogP contribution < -0.4 is 10.0 Å². The number of esters is 1. The summed E-state index contributed by atoms with van der Waals surface area (Å²) in [4.78, 5) is 28.4. The molecule has 1 heterocycles. The number of hydrogen-bond acceptors (Lipinski definition) is 6. The number of pyridine rings is 1. The quantitative estimate of drug-likeness (QED) is 0.679. The van der Waals surface area contributed by atoms with Crippen LogP contribution in [0, 0.1) is 0 Å². The second-order valence-electron chi connectivity index (χ2n) is 5.44. The molecule has 2 rings (SSSR count). The minimum atomic E-state index is -3.60. The molecule has 0 aliphatic rings. The van der Waals surface area contributed by atoms with E-state index in [0.717, 1.165) is 6.26 Å². The molecule has 1 unspecified atom stereocenters. The Morgan fingerprint density at radius 1 is 1.22 bits per heavy atom. The zero-order valence-corrected chi connectivity index (χ0v) is 16.5. The first-order valence-electron chi connectivity index (χ1n) is 7.46. The lowest BCUT2D eigenvalue weighted by atomic mass is 10.2. The van der Waals surface area contributed by atoms with Crippen molar-refractivity contribution in [2.75, 3.05) is 16.3 Å². The molecular formula is C16H15Cl2N3O5S. The van der Waals surface area contributed by atoms with E-state index in [1.165, 1.54) is 37.4 Å². The third-order valence-corrected chi connectivity index (χ3v) is 4.23. The predicted octanol–water partition coefficient (Wildman–Crippen LogP) is 2.94. The van der Waals surface area contributed by atoms with Crippen LogP contribution in [0.3, 0.4) is 0 Å². The Bertz CT molecular complexity index is 982. The number of ether oxygens (including phenoxy) is 1. The second-order valence-corrected chi connectivity index (χ2v) is 8.03. The van der Waals surface area contributed by atoms with Crippen LogP contribution in [0.15, 0.2) is 36.5 Å². The number of nitrogens with zero attached hydrogens (tertiary/aromatic N) is 1. The van der Waals surface area contributed by atoms with Gasteiger partial charge in [0.1, 0.15) is 0 Å². The van der Waals surface area contributed by atoms with Gasteiger partial charge in [-0.1, -0.05) is 35.3 Å². The Hall–Kier alpha value is -2.36. The van der Waals surface area contributed by atoms with Gasteiger partial charge in [-0.25, -0.2) is 18.2 Å². The van der Waals surface area contributed by atoms with E-state index in [0.29, 0.717) is 5.02 Å². The summed E-state index contributed by atoms with van der Waals surface area (Å²) in [6.07, 6.45) is 1.05. The molecule has 1 amide bonds. The van der Waals surface area contributed by atoms with E-state index in [1.807, 2.05) is 0 Å². The third kappa shape index (κ3) is 6.09. The van der Waals surface area contributed by atoms with Crippen LogP contribution in [0.25, 0.3) is 0 Å². The van der Waals surface area contributed by atoms with Gasteiger partial charge in [0, 0.05) is 6.20 Å². The van der Waals surface area contributed by atoms with Crippen molar-refractivity contribution in [3.05, 3.63) is 52.1 Å². The molecule has 11 heteroatoms. The fourth-order valence-electron chi connectivity index (χ4n) is 1.95. The molecule has 27 heavy (non-hydrogen) atoms. The minimum Gasteiger partial charge on any atom is -0.449 e. The first-order chi connectivity index (χ1) is 12.6. The highest BCUT2D eigenvalue weighted by molar-refractivity contribution is 7.92. The van der Waals surface area contributed by atoms with Gasteiger partial charge >= 0.3 is 5.97 Å². The number of amides is 1. The molecule has 1 aromatic heterocycles. The van der Waals surface area contributed by atoms with Gasteiger partial charge in [-0.2, -0.15) is 0 Å². The summed E-state index contributed by atoms with van der Waals surface area (Å²) < 4.78 is 30.1. The second kappa shape index (κ2) is 8.55. The van der Waals surface area contributed by atoms with Gasteiger partial charge < -0.3 is 10.1 Å². The lowest BCUT2D eigenvalue weighted by Gasteiger charge is -2.15. The Labute approximate surface area is 165 Å². The Kier molecular flexibility index (Phi) is 6.63. The largest absolute Gasteiger partial charge is 0.449 e. The van der Waals surface area contributed by atoms with Crippen molar-refractivity contribution in [2.45, 2.75) is 13.0 Å². The highest BCUT2D eigenvalue weighted by Gasteiger charge is 2.22. The molecular weight excluding hydrogens is 417 g/mol. The van der Waals surface area contributed by atoms with E-state index in [2.05, 4.69) is 15.0 Å². The number of benzene rings is 1. The fourth-order valence-corrected chi connectivity index (χ4v) is 2.96. The van der Waals surface area contributed by atoms with Gasteiger partial charge in [0.25, 0.3) is 5.91 Å². The maximum atomic E-state index is 12.3. The molecule has 1 aromatic carbocycles. The summed E-state index contributed by atoms with van der Waals surface area (Å²) in [6, 6.07) is 7.26.